The van der Waals surface area contributed by atoms with Crippen LogP contribution in [0.25, 0.3) is 11.2 Å². The van der Waals surface area contributed by atoms with E-state index in [0.29, 0.717) is 5.88 Å². The second-order valence-electron chi connectivity index (χ2n) is 5.01. The molecule has 0 atom stereocenters. The number of aromatic nitrogens is 4. The van der Waals surface area contributed by atoms with Gasteiger partial charge >= 0.3 is 0 Å². The molecule has 2 heterocycles. The Bertz CT molecular complexity index is 561. The average molecular weight is 299 g/mol. The number of aryl methyl sites for hydroxylation is 3. The van der Waals surface area contributed by atoms with Crippen LogP contribution in [0.1, 0.15) is 37.7 Å². The fraction of sp³-hybridized carbons (Fsp3) is 0.714. The van der Waals surface area contributed by atoms with Crippen LogP contribution in [-0.4, -0.2) is 32.5 Å². The molecule has 0 radical (unpaired) electrons. The Morgan fingerprint density at radius 2 is 2.00 bits per heavy atom. The lowest BCUT2D eigenvalue weighted by molar-refractivity contribution is 0.126. The predicted molar refractivity (Wildman–Crippen MR) is 81.1 cm³/mol. The van der Waals surface area contributed by atoms with Gasteiger partial charge in [0.15, 0.2) is 5.65 Å². The number of alkyl halides is 1. The Labute approximate surface area is 124 Å². The Balaban J connectivity index is 2.04. The van der Waals surface area contributed by atoms with Crippen LogP contribution in [0.3, 0.4) is 0 Å². The zero-order chi connectivity index (χ0) is 14.5. The molecule has 2 aromatic rings. The summed E-state index contributed by atoms with van der Waals surface area (Å²) >= 11 is 6.00. The molecule has 0 bridgehead atoms. The normalized spacial score (nSPS) is 11.6. The summed E-state index contributed by atoms with van der Waals surface area (Å²) in [4.78, 5) is 4.59. The first-order chi connectivity index (χ1) is 9.69. The topological polar surface area (TPSA) is 44.9 Å². The Kier molecular flexibility index (Phi) is 5.43. The number of imidazole rings is 1. The first-order valence-corrected chi connectivity index (χ1v) is 7.74. The van der Waals surface area contributed by atoms with Gasteiger partial charge in [0.05, 0.1) is 11.6 Å². The molecule has 0 unspecified atom stereocenters. The molecule has 0 saturated heterocycles. The number of ether oxygens (including phenoxy) is 1. The number of halogens is 1. The SMILES string of the molecule is CCCCOCCCn1c(CCl)nc2c(C)nn(C)c21. The van der Waals surface area contributed by atoms with Gasteiger partial charge in [0.2, 0.25) is 0 Å². The highest BCUT2D eigenvalue weighted by atomic mass is 35.5. The lowest BCUT2D eigenvalue weighted by Gasteiger charge is -2.08. The van der Waals surface area contributed by atoms with Crippen molar-refractivity contribution in [3.8, 4) is 0 Å². The van der Waals surface area contributed by atoms with E-state index < -0.39 is 0 Å². The molecule has 2 aromatic heterocycles. The lowest BCUT2D eigenvalue weighted by atomic mass is 10.3. The van der Waals surface area contributed by atoms with Gasteiger partial charge in [-0.15, -0.1) is 11.6 Å². The molecule has 0 amide bonds. The quantitative estimate of drug-likeness (QED) is 0.556. The van der Waals surface area contributed by atoms with Gasteiger partial charge in [0.25, 0.3) is 0 Å². The van der Waals surface area contributed by atoms with E-state index in [2.05, 4.69) is 21.6 Å². The number of fused-ring (bicyclic) bond motifs is 1. The van der Waals surface area contributed by atoms with Crippen LogP contribution >= 0.6 is 11.6 Å². The van der Waals surface area contributed by atoms with E-state index >= 15 is 0 Å². The van der Waals surface area contributed by atoms with E-state index in [1.165, 1.54) is 6.42 Å². The fourth-order valence-electron chi connectivity index (χ4n) is 2.39. The van der Waals surface area contributed by atoms with Gasteiger partial charge in [-0.3, -0.25) is 4.68 Å². The molecule has 20 heavy (non-hydrogen) atoms. The highest BCUT2D eigenvalue weighted by Crippen LogP contribution is 2.20. The van der Waals surface area contributed by atoms with Crippen molar-refractivity contribution in [2.75, 3.05) is 13.2 Å². The fourth-order valence-corrected chi connectivity index (χ4v) is 2.59. The molecule has 0 spiro atoms. The van der Waals surface area contributed by atoms with Crippen LogP contribution in [0.4, 0.5) is 0 Å². The summed E-state index contributed by atoms with van der Waals surface area (Å²) in [5, 5.41) is 4.41. The van der Waals surface area contributed by atoms with Crippen LogP contribution in [0.2, 0.25) is 0 Å². The predicted octanol–water partition coefficient (Wildman–Crippen LogP) is 3.02. The smallest absolute Gasteiger partial charge is 0.158 e. The summed E-state index contributed by atoms with van der Waals surface area (Å²) < 4.78 is 9.64. The third kappa shape index (κ3) is 3.15. The monoisotopic (exact) mass is 298 g/mol. The molecule has 6 heteroatoms. The summed E-state index contributed by atoms with van der Waals surface area (Å²) in [5.74, 6) is 1.33. The van der Waals surface area contributed by atoms with Crippen molar-refractivity contribution in [2.45, 2.75) is 45.5 Å². The van der Waals surface area contributed by atoms with Gasteiger partial charge in [-0.1, -0.05) is 13.3 Å². The molecule has 112 valence electrons. The Morgan fingerprint density at radius 3 is 2.70 bits per heavy atom. The standard InChI is InChI=1S/C14H23ClN4O/c1-4-5-8-20-9-6-7-19-12(10-15)16-13-11(2)17-18(3)14(13)19/h4-10H2,1-3H3. The Morgan fingerprint density at radius 1 is 1.25 bits per heavy atom. The third-order valence-electron chi connectivity index (χ3n) is 3.40. The molecule has 0 aliphatic heterocycles. The summed E-state index contributed by atoms with van der Waals surface area (Å²) in [5.41, 5.74) is 2.95. The molecule has 0 aromatic carbocycles. The molecule has 0 saturated carbocycles. The first-order valence-electron chi connectivity index (χ1n) is 7.21. The second kappa shape index (κ2) is 7.09. The minimum atomic E-state index is 0.421. The Hall–Kier alpha value is -1.07. The van der Waals surface area contributed by atoms with Gasteiger partial charge in [0.1, 0.15) is 11.3 Å². The van der Waals surface area contributed by atoms with Crippen molar-refractivity contribution in [1.29, 1.82) is 0 Å². The van der Waals surface area contributed by atoms with E-state index in [1.807, 2.05) is 18.7 Å². The van der Waals surface area contributed by atoms with Crippen molar-refractivity contribution in [2.24, 2.45) is 7.05 Å². The number of unbranched alkanes of at least 4 members (excludes halogenated alkanes) is 1. The number of hydrogen-bond donors (Lipinski definition) is 0. The van der Waals surface area contributed by atoms with Crippen LogP contribution < -0.4 is 0 Å². The largest absolute Gasteiger partial charge is 0.381 e. The zero-order valence-electron chi connectivity index (χ0n) is 12.5. The molecule has 0 N–H and O–H groups in total. The number of hydrogen-bond acceptors (Lipinski definition) is 3. The van der Waals surface area contributed by atoms with E-state index in [4.69, 9.17) is 16.3 Å². The second-order valence-corrected chi connectivity index (χ2v) is 5.28. The van der Waals surface area contributed by atoms with E-state index in [0.717, 1.165) is 55.3 Å². The maximum Gasteiger partial charge on any atom is 0.158 e. The molecular formula is C14H23ClN4O. The van der Waals surface area contributed by atoms with E-state index in [9.17, 15) is 0 Å². The summed E-state index contributed by atoms with van der Waals surface area (Å²) in [6.07, 6.45) is 3.26. The molecule has 0 aliphatic carbocycles. The van der Waals surface area contributed by atoms with Crippen molar-refractivity contribution in [1.82, 2.24) is 19.3 Å². The van der Waals surface area contributed by atoms with Crippen molar-refractivity contribution >= 4 is 22.8 Å². The molecule has 0 fully saturated rings. The van der Waals surface area contributed by atoms with Crippen LogP contribution in [0.15, 0.2) is 0 Å². The van der Waals surface area contributed by atoms with Gasteiger partial charge in [-0.05, 0) is 19.8 Å². The minimum absolute atomic E-state index is 0.421. The minimum Gasteiger partial charge on any atom is -0.381 e. The molecule has 2 rings (SSSR count). The summed E-state index contributed by atoms with van der Waals surface area (Å²) in [6.45, 7) is 6.64. The van der Waals surface area contributed by atoms with Gasteiger partial charge in [-0.25, -0.2) is 4.98 Å². The first kappa shape index (κ1) is 15.3. The van der Waals surface area contributed by atoms with Crippen LogP contribution in [-0.2, 0) is 24.2 Å². The maximum absolute atomic E-state index is 6.00. The highest BCUT2D eigenvalue weighted by Gasteiger charge is 2.16. The summed E-state index contributed by atoms with van der Waals surface area (Å²) in [6, 6.07) is 0. The van der Waals surface area contributed by atoms with Gasteiger partial charge in [-0.2, -0.15) is 5.10 Å². The van der Waals surface area contributed by atoms with Crippen LogP contribution in [0.5, 0.6) is 0 Å². The van der Waals surface area contributed by atoms with E-state index in [-0.39, 0.29) is 0 Å². The van der Waals surface area contributed by atoms with Gasteiger partial charge < -0.3 is 9.30 Å². The zero-order valence-corrected chi connectivity index (χ0v) is 13.3. The maximum atomic E-state index is 6.00. The molecule has 5 nitrogen and oxygen atoms in total. The van der Waals surface area contributed by atoms with Crippen molar-refractivity contribution in [3.63, 3.8) is 0 Å². The average Bonchev–Trinajstić information content (AvgIpc) is 2.93. The van der Waals surface area contributed by atoms with E-state index in [1.54, 1.807) is 0 Å². The highest BCUT2D eigenvalue weighted by molar-refractivity contribution is 6.16. The molecule has 0 aliphatic rings. The lowest BCUT2D eigenvalue weighted by Crippen LogP contribution is -2.09. The van der Waals surface area contributed by atoms with Crippen molar-refractivity contribution < 1.29 is 4.74 Å². The number of rotatable bonds is 8. The number of nitrogens with zero attached hydrogens (tertiary/aromatic N) is 4. The molecular weight excluding hydrogens is 276 g/mol. The van der Waals surface area contributed by atoms with Crippen molar-refractivity contribution in [3.05, 3.63) is 11.5 Å². The van der Waals surface area contributed by atoms with Crippen LogP contribution in [0, 0.1) is 6.92 Å². The summed E-state index contributed by atoms with van der Waals surface area (Å²) in [7, 11) is 1.95. The van der Waals surface area contributed by atoms with Gasteiger partial charge in [0, 0.05) is 26.8 Å². The third-order valence-corrected chi connectivity index (χ3v) is 3.64.